The lowest BCUT2D eigenvalue weighted by atomic mass is 9.91. The summed E-state index contributed by atoms with van der Waals surface area (Å²) in [6, 6.07) is 11.6. The largest absolute Gasteiger partial charge is 0.322 e. The Balaban J connectivity index is 1.67. The second-order valence-electron chi connectivity index (χ2n) is 6.23. The summed E-state index contributed by atoms with van der Waals surface area (Å²) >= 11 is 2.18. The average molecular weight is 432 g/mol. The van der Waals surface area contributed by atoms with Crippen LogP contribution in [0.1, 0.15) is 34.3 Å². The van der Waals surface area contributed by atoms with E-state index in [9.17, 15) is 9.59 Å². The van der Waals surface area contributed by atoms with Gasteiger partial charge in [-0.1, -0.05) is 12.1 Å². The third-order valence-corrected chi connectivity index (χ3v) is 5.59. The van der Waals surface area contributed by atoms with Crippen LogP contribution in [0.2, 0.25) is 0 Å². The minimum atomic E-state index is -0.0910. The first-order valence-corrected chi connectivity index (χ1v) is 9.23. The van der Waals surface area contributed by atoms with Gasteiger partial charge in [-0.2, -0.15) is 0 Å². The van der Waals surface area contributed by atoms with E-state index in [1.807, 2.05) is 41.3 Å². The van der Waals surface area contributed by atoms with Crippen LogP contribution in [0.15, 0.2) is 36.4 Å². The van der Waals surface area contributed by atoms with Gasteiger partial charge in [-0.3, -0.25) is 9.59 Å². The second-order valence-corrected chi connectivity index (χ2v) is 7.39. The van der Waals surface area contributed by atoms with Crippen LogP contribution >= 0.6 is 22.6 Å². The molecule has 2 amide bonds. The first kappa shape index (κ1) is 15.6. The van der Waals surface area contributed by atoms with Crippen molar-refractivity contribution in [2.45, 2.75) is 25.7 Å². The maximum absolute atomic E-state index is 12.6. The minimum absolute atomic E-state index is 0.0910. The molecule has 4 rings (SSSR count). The van der Waals surface area contributed by atoms with E-state index in [2.05, 4.69) is 27.9 Å². The molecule has 5 heteroatoms. The maximum atomic E-state index is 12.6. The summed E-state index contributed by atoms with van der Waals surface area (Å²) in [5.41, 5.74) is 4.94. The van der Waals surface area contributed by atoms with Gasteiger partial charge in [0.15, 0.2) is 0 Å². The second kappa shape index (κ2) is 6.20. The SMILES string of the molecule is O=C(Nc1cc2c3c(c1)CCC(=O)N3CCC2)c1ccccc1I. The molecule has 2 aliphatic heterocycles. The average Bonchev–Trinajstić information content (AvgIpc) is 2.58. The topological polar surface area (TPSA) is 49.4 Å². The summed E-state index contributed by atoms with van der Waals surface area (Å²) in [5, 5.41) is 3.03. The van der Waals surface area contributed by atoms with Crippen LogP contribution in [0.25, 0.3) is 0 Å². The Hall–Kier alpha value is -1.89. The molecule has 0 atom stereocenters. The third-order valence-electron chi connectivity index (χ3n) is 4.65. The van der Waals surface area contributed by atoms with E-state index in [1.54, 1.807) is 0 Å². The van der Waals surface area contributed by atoms with Crippen LogP contribution in [-0.4, -0.2) is 18.4 Å². The Morgan fingerprint density at radius 2 is 1.83 bits per heavy atom. The molecule has 4 nitrogen and oxygen atoms in total. The van der Waals surface area contributed by atoms with Gasteiger partial charge in [-0.05, 0) is 77.2 Å². The Kier molecular flexibility index (Phi) is 4.04. The molecule has 0 saturated heterocycles. The summed E-state index contributed by atoms with van der Waals surface area (Å²) in [7, 11) is 0. The standard InChI is InChI=1S/C19H17IN2O2/c20-16-6-2-1-5-15(16)19(24)21-14-10-12-4-3-9-22-17(23)8-7-13(11-14)18(12)22/h1-2,5-6,10-11H,3-4,7-9H2,(H,21,24). The Morgan fingerprint density at radius 3 is 2.62 bits per heavy atom. The number of amides is 2. The fourth-order valence-corrected chi connectivity index (χ4v) is 4.20. The predicted octanol–water partition coefficient (Wildman–Crippen LogP) is 3.77. The minimum Gasteiger partial charge on any atom is -0.322 e. The summed E-state index contributed by atoms with van der Waals surface area (Å²) in [5.74, 6) is 0.130. The van der Waals surface area contributed by atoms with E-state index in [-0.39, 0.29) is 11.8 Å². The van der Waals surface area contributed by atoms with E-state index in [0.29, 0.717) is 12.0 Å². The Labute approximate surface area is 154 Å². The quantitative estimate of drug-likeness (QED) is 0.735. The van der Waals surface area contributed by atoms with Crippen molar-refractivity contribution in [1.82, 2.24) is 0 Å². The molecule has 122 valence electrons. The van der Waals surface area contributed by atoms with E-state index in [0.717, 1.165) is 40.8 Å². The monoisotopic (exact) mass is 432 g/mol. The van der Waals surface area contributed by atoms with Crippen LogP contribution in [0, 0.1) is 3.57 Å². The van der Waals surface area contributed by atoms with Gasteiger partial charge in [-0.25, -0.2) is 0 Å². The predicted molar refractivity (Wildman–Crippen MR) is 103 cm³/mol. The normalized spacial score (nSPS) is 15.9. The Morgan fingerprint density at radius 1 is 1.08 bits per heavy atom. The highest BCUT2D eigenvalue weighted by atomic mass is 127. The summed E-state index contributed by atoms with van der Waals surface area (Å²) in [6.45, 7) is 0.812. The lowest BCUT2D eigenvalue weighted by Crippen LogP contribution is -2.39. The number of aryl methyl sites for hydroxylation is 2. The highest BCUT2D eigenvalue weighted by Crippen LogP contribution is 2.38. The molecule has 0 fully saturated rings. The van der Waals surface area contributed by atoms with E-state index in [1.165, 1.54) is 11.1 Å². The zero-order valence-electron chi connectivity index (χ0n) is 13.1. The van der Waals surface area contributed by atoms with Crippen molar-refractivity contribution < 1.29 is 9.59 Å². The lowest BCUT2D eigenvalue weighted by Gasteiger charge is -2.35. The number of halogens is 1. The first-order chi connectivity index (χ1) is 11.6. The molecule has 0 spiro atoms. The molecular formula is C19H17IN2O2. The number of nitrogens with one attached hydrogen (secondary N) is 1. The van der Waals surface area contributed by atoms with Gasteiger partial charge in [0.25, 0.3) is 5.91 Å². The molecule has 2 heterocycles. The number of carbonyl (C=O) groups is 2. The van der Waals surface area contributed by atoms with Crippen molar-refractivity contribution in [2.24, 2.45) is 0 Å². The number of anilines is 2. The zero-order chi connectivity index (χ0) is 16.7. The smallest absolute Gasteiger partial charge is 0.256 e. The van der Waals surface area contributed by atoms with E-state index < -0.39 is 0 Å². The molecular weight excluding hydrogens is 415 g/mol. The maximum Gasteiger partial charge on any atom is 0.256 e. The van der Waals surface area contributed by atoms with Crippen LogP contribution in [0.3, 0.4) is 0 Å². The van der Waals surface area contributed by atoms with Crippen molar-refractivity contribution in [1.29, 1.82) is 0 Å². The van der Waals surface area contributed by atoms with E-state index >= 15 is 0 Å². The number of hydrogen-bond donors (Lipinski definition) is 1. The van der Waals surface area contributed by atoms with Gasteiger partial charge in [0.05, 0.1) is 11.3 Å². The zero-order valence-corrected chi connectivity index (χ0v) is 15.3. The molecule has 2 aromatic rings. The number of nitrogens with zero attached hydrogens (tertiary/aromatic N) is 1. The third kappa shape index (κ3) is 2.70. The molecule has 1 N–H and O–H groups in total. The molecule has 0 aromatic heterocycles. The molecule has 0 radical (unpaired) electrons. The van der Waals surface area contributed by atoms with Gasteiger partial charge >= 0.3 is 0 Å². The molecule has 0 saturated carbocycles. The van der Waals surface area contributed by atoms with Gasteiger partial charge in [-0.15, -0.1) is 0 Å². The van der Waals surface area contributed by atoms with Crippen molar-refractivity contribution in [3.05, 3.63) is 56.7 Å². The van der Waals surface area contributed by atoms with Gasteiger partial charge in [0, 0.05) is 22.2 Å². The highest BCUT2D eigenvalue weighted by molar-refractivity contribution is 14.1. The van der Waals surface area contributed by atoms with Crippen LogP contribution < -0.4 is 10.2 Å². The fraction of sp³-hybridized carbons (Fsp3) is 0.263. The summed E-state index contributed by atoms with van der Waals surface area (Å²) < 4.78 is 0.934. The van der Waals surface area contributed by atoms with Crippen molar-refractivity contribution in [2.75, 3.05) is 16.8 Å². The van der Waals surface area contributed by atoms with Gasteiger partial charge < -0.3 is 10.2 Å². The molecule has 24 heavy (non-hydrogen) atoms. The number of carbonyl (C=O) groups excluding carboxylic acids is 2. The van der Waals surface area contributed by atoms with Crippen LogP contribution in [-0.2, 0) is 17.6 Å². The Bertz CT molecular complexity index is 830. The van der Waals surface area contributed by atoms with Crippen molar-refractivity contribution in [3.63, 3.8) is 0 Å². The van der Waals surface area contributed by atoms with Gasteiger partial charge in [0.2, 0.25) is 5.91 Å². The van der Waals surface area contributed by atoms with Crippen molar-refractivity contribution in [3.8, 4) is 0 Å². The molecule has 0 bridgehead atoms. The van der Waals surface area contributed by atoms with Gasteiger partial charge in [0.1, 0.15) is 0 Å². The molecule has 0 unspecified atom stereocenters. The number of hydrogen-bond acceptors (Lipinski definition) is 2. The highest BCUT2D eigenvalue weighted by Gasteiger charge is 2.29. The van der Waals surface area contributed by atoms with Crippen LogP contribution in [0.4, 0.5) is 11.4 Å². The summed E-state index contributed by atoms with van der Waals surface area (Å²) in [4.78, 5) is 26.6. The first-order valence-electron chi connectivity index (χ1n) is 8.15. The number of rotatable bonds is 2. The van der Waals surface area contributed by atoms with Crippen molar-refractivity contribution >= 4 is 45.8 Å². The fourth-order valence-electron chi connectivity index (χ4n) is 3.57. The lowest BCUT2D eigenvalue weighted by molar-refractivity contribution is -0.119. The number of benzene rings is 2. The summed E-state index contributed by atoms with van der Waals surface area (Å²) in [6.07, 6.45) is 3.25. The molecule has 2 aliphatic rings. The molecule has 2 aromatic carbocycles. The van der Waals surface area contributed by atoms with Crippen LogP contribution in [0.5, 0.6) is 0 Å². The van der Waals surface area contributed by atoms with E-state index in [4.69, 9.17) is 0 Å². The molecule has 0 aliphatic carbocycles.